The van der Waals surface area contributed by atoms with E-state index in [0.717, 1.165) is 16.8 Å². The van der Waals surface area contributed by atoms with Gasteiger partial charge in [0.15, 0.2) is 5.22 Å². The standard InChI is InChI=1S/C12H13ClN2O/c1-8-3-4-9(7-15-8)11(14-2)10-5-6-16-12(10)13/h3-7,11,14H,1-2H3. The third-order valence-corrected chi connectivity index (χ3v) is 2.82. The molecule has 16 heavy (non-hydrogen) atoms. The van der Waals surface area contributed by atoms with E-state index in [-0.39, 0.29) is 6.04 Å². The zero-order valence-corrected chi connectivity index (χ0v) is 9.95. The summed E-state index contributed by atoms with van der Waals surface area (Å²) in [5.41, 5.74) is 2.99. The van der Waals surface area contributed by atoms with Crippen LogP contribution < -0.4 is 5.32 Å². The second kappa shape index (κ2) is 4.68. The molecule has 0 fully saturated rings. The number of aryl methyl sites for hydroxylation is 1. The molecule has 2 aromatic rings. The average molecular weight is 237 g/mol. The van der Waals surface area contributed by atoms with Gasteiger partial charge in [0.1, 0.15) is 0 Å². The summed E-state index contributed by atoms with van der Waals surface area (Å²) in [4.78, 5) is 4.27. The maximum Gasteiger partial charge on any atom is 0.198 e. The Morgan fingerprint density at radius 2 is 2.19 bits per heavy atom. The van der Waals surface area contributed by atoms with Crippen molar-refractivity contribution < 1.29 is 4.42 Å². The van der Waals surface area contributed by atoms with E-state index in [4.69, 9.17) is 16.0 Å². The maximum absolute atomic E-state index is 5.97. The lowest BCUT2D eigenvalue weighted by Gasteiger charge is -2.15. The molecule has 4 heteroatoms. The van der Waals surface area contributed by atoms with Gasteiger partial charge in [-0.3, -0.25) is 4.98 Å². The minimum Gasteiger partial charge on any atom is -0.453 e. The van der Waals surface area contributed by atoms with E-state index in [1.54, 1.807) is 6.26 Å². The topological polar surface area (TPSA) is 38.1 Å². The van der Waals surface area contributed by atoms with Gasteiger partial charge in [0.25, 0.3) is 0 Å². The van der Waals surface area contributed by atoms with Crippen LogP contribution in [-0.4, -0.2) is 12.0 Å². The third kappa shape index (κ3) is 2.10. The van der Waals surface area contributed by atoms with Gasteiger partial charge in [-0.25, -0.2) is 0 Å². The Hall–Kier alpha value is -1.32. The average Bonchev–Trinajstić information content (AvgIpc) is 2.69. The summed E-state index contributed by atoms with van der Waals surface area (Å²) in [6.07, 6.45) is 3.43. The van der Waals surface area contributed by atoms with Crippen LogP contribution in [0.3, 0.4) is 0 Å². The second-order valence-electron chi connectivity index (χ2n) is 3.60. The first-order chi connectivity index (χ1) is 7.72. The smallest absolute Gasteiger partial charge is 0.198 e. The van der Waals surface area contributed by atoms with Gasteiger partial charge in [-0.05, 0) is 43.3 Å². The fourth-order valence-corrected chi connectivity index (χ4v) is 1.89. The van der Waals surface area contributed by atoms with Crippen molar-refractivity contribution in [1.29, 1.82) is 0 Å². The highest BCUT2D eigenvalue weighted by molar-refractivity contribution is 6.29. The van der Waals surface area contributed by atoms with Gasteiger partial charge in [0, 0.05) is 17.5 Å². The van der Waals surface area contributed by atoms with E-state index in [1.165, 1.54) is 0 Å². The van der Waals surface area contributed by atoms with E-state index in [9.17, 15) is 0 Å². The Morgan fingerprint density at radius 1 is 1.38 bits per heavy atom. The molecule has 1 N–H and O–H groups in total. The van der Waals surface area contributed by atoms with Crippen LogP contribution in [0.2, 0.25) is 5.22 Å². The Kier molecular flexibility index (Phi) is 3.27. The molecule has 0 amide bonds. The molecule has 0 saturated carbocycles. The van der Waals surface area contributed by atoms with Crippen LogP contribution in [0.25, 0.3) is 0 Å². The second-order valence-corrected chi connectivity index (χ2v) is 3.95. The van der Waals surface area contributed by atoms with Crippen molar-refractivity contribution in [1.82, 2.24) is 10.3 Å². The van der Waals surface area contributed by atoms with Crippen LogP contribution in [-0.2, 0) is 0 Å². The fraction of sp³-hybridized carbons (Fsp3) is 0.250. The zero-order chi connectivity index (χ0) is 11.5. The van der Waals surface area contributed by atoms with E-state index in [1.807, 2.05) is 38.4 Å². The van der Waals surface area contributed by atoms with Crippen molar-refractivity contribution in [2.45, 2.75) is 13.0 Å². The molecule has 1 unspecified atom stereocenters. The molecule has 0 spiro atoms. The van der Waals surface area contributed by atoms with Gasteiger partial charge >= 0.3 is 0 Å². The molecule has 2 aromatic heterocycles. The minimum absolute atomic E-state index is 0.0133. The third-order valence-electron chi connectivity index (χ3n) is 2.51. The summed E-state index contributed by atoms with van der Waals surface area (Å²) in [6, 6.07) is 5.89. The highest BCUT2D eigenvalue weighted by Gasteiger charge is 2.17. The summed E-state index contributed by atoms with van der Waals surface area (Å²) in [5, 5.41) is 3.61. The molecule has 0 bridgehead atoms. The number of hydrogen-bond donors (Lipinski definition) is 1. The van der Waals surface area contributed by atoms with Gasteiger partial charge in [-0.2, -0.15) is 0 Å². The summed E-state index contributed by atoms with van der Waals surface area (Å²) >= 11 is 5.97. The SMILES string of the molecule is CNC(c1ccc(C)nc1)c1ccoc1Cl. The van der Waals surface area contributed by atoms with Crippen LogP contribution in [0.4, 0.5) is 0 Å². The quantitative estimate of drug-likeness (QED) is 0.891. The van der Waals surface area contributed by atoms with Gasteiger partial charge in [0.05, 0.1) is 12.3 Å². The van der Waals surface area contributed by atoms with Crippen LogP contribution in [0.1, 0.15) is 22.9 Å². The Bertz CT molecular complexity index is 464. The Morgan fingerprint density at radius 3 is 2.69 bits per heavy atom. The van der Waals surface area contributed by atoms with E-state index in [2.05, 4.69) is 10.3 Å². The molecule has 0 aliphatic carbocycles. The van der Waals surface area contributed by atoms with Gasteiger partial charge in [-0.15, -0.1) is 0 Å². The Balaban J connectivity index is 2.37. The number of pyridine rings is 1. The van der Waals surface area contributed by atoms with Crippen molar-refractivity contribution in [3.63, 3.8) is 0 Å². The molecule has 0 aliphatic heterocycles. The molecular weight excluding hydrogens is 224 g/mol. The highest BCUT2D eigenvalue weighted by atomic mass is 35.5. The lowest BCUT2D eigenvalue weighted by atomic mass is 10.0. The molecule has 0 aromatic carbocycles. The van der Waals surface area contributed by atoms with Crippen molar-refractivity contribution >= 4 is 11.6 Å². The van der Waals surface area contributed by atoms with Crippen molar-refractivity contribution in [2.24, 2.45) is 0 Å². The summed E-state index contributed by atoms with van der Waals surface area (Å²) in [5.74, 6) is 0. The lowest BCUT2D eigenvalue weighted by Crippen LogP contribution is -2.17. The van der Waals surface area contributed by atoms with Crippen LogP contribution in [0.15, 0.2) is 35.1 Å². The molecule has 84 valence electrons. The van der Waals surface area contributed by atoms with E-state index < -0.39 is 0 Å². The number of furan rings is 1. The lowest BCUT2D eigenvalue weighted by molar-refractivity contribution is 0.559. The van der Waals surface area contributed by atoms with Gasteiger partial charge in [0.2, 0.25) is 0 Å². The molecular formula is C12H13ClN2O. The number of nitrogens with one attached hydrogen (secondary N) is 1. The zero-order valence-electron chi connectivity index (χ0n) is 9.20. The van der Waals surface area contributed by atoms with Crippen LogP contribution >= 0.6 is 11.6 Å². The molecule has 2 rings (SSSR count). The van der Waals surface area contributed by atoms with Crippen molar-refractivity contribution in [3.8, 4) is 0 Å². The highest BCUT2D eigenvalue weighted by Crippen LogP contribution is 2.28. The summed E-state index contributed by atoms with van der Waals surface area (Å²) < 4.78 is 5.10. The van der Waals surface area contributed by atoms with Gasteiger partial charge < -0.3 is 9.73 Å². The van der Waals surface area contributed by atoms with Crippen LogP contribution in [0, 0.1) is 6.92 Å². The molecule has 2 heterocycles. The summed E-state index contributed by atoms with van der Waals surface area (Å²) in [6.45, 7) is 1.96. The summed E-state index contributed by atoms with van der Waals surface area (Å²) in [7, 11) is 1.88. The number of rotatable bonds is 3. The Labute approximate surface area is 99.5 Å². The first-order valence-electron chi connectivity index (χ1n) is 5.05. The van der Waals surface area contributed by atoms with Crippen molar-refractivity contribution in [2.75, 3.05) is 7.05 Å². The molecule has 0 aliphatic rings. The van der Waals surface area contributed by atoms with Crippen LogP contribution in [0.5, 0.6) is 0 Å². The predicted octanol–water partition coefficient (Wildman–Crippen LogP) is 2.95. The first kappa shape index (κ1) is 11.2. The normalized spacial score (nSPS) is 12.7. The largest absolute Gasteiger partial charge is 0.453 e. The molecule has 3 nitrogen and oxygen atoms in total. The number of halogens is 1. The monoisotopic (exact) mass is 236 g/mol. The number of nitrogens with zero attached hydrogens (tertiary/aromatic N) is 1. The first-order valence-corrected chi connectivity index (χ1v) is 5.43. The molecule has 1 atom stereocenters. The van der Waals surface area contributed by atoms with E-state index >= 15 is 0 Å². The van der Waals surface area contributed by atoms with Gasteiger partial charge in [-0.1, -0.05) is 6.07 Å². The maximum atomic E-state index is 5.97. The minimum atomic E-state index is 0.0133. The molecule has 0 radical (unpaired) electrons. The number of hydrogen-bond acceptors (Lipinski definition) is 3. The fourth-order valence-electron chi connectivity index (χ4n) is 1.66. The van der Waals surface area contributed by atoms with E-state index in [0.29, 0.717) is 5.22 Å². The molecule has 0 saturated heterocycles. The van der Waals surface area contributed by atoms with Crippen molar-refractivity contribution in [3.05, 3.63) is 52.7 Å². The number of aromatic nitrogens is 1. The predicted molar refractivity (Wildman–Crippen MR) is 63.6 cm³/mol.